The Hall–Kier alpha value is -1.81. The van der Waals surface area contributed by atoms with E-state index in [1.165, 1.54) is 16.9 Å². The predicted octanol–water partition coefficient (Wildman–Crippen LogP) is 2.42. The molecular formula is C16H21N3O. The summed E-state index contributed by atoms with van der Waals surface area (Å²) in [4.78, 5) is 9.57. The number of benzene rings is 1. The van der Waals surface area contributed by atoms with Crippen molar-refractivity contribution in [2.45, 2.75) is 19.3 Å². The van der Waals surface area contributed by atoms with Gasteiger partial charge in [0.2, 0.25) is 0 Å². The number of aryl methyl sites for hydroxylation is 2. The zero-order valence-corrected chi connectivity index (χ0v) is 11.7. The van der Waals surface area contributed by atoms with Gasteiger partial charge in [0, 0.05) is 30.7 Å². The summed E-state index contributed by atoms with van der Waals surface area (Å²) in [6, 6.07) is 8.96. The van der Waals surface area contributed by atoms with Crippen molar-refractivity contribution < 1.29 is 4.74 Å². The molecule has 2 heterocycles. The highest BCUT2D eigenvalue weighted by atomic mass is 16.5. The van der Waals surface area contributed by atoms with Crippen molar-refractivity contribution in [2.24, 2.45) is 0 Å². The largest absolute Gasteiger partial charge is 0.378 e. The Labute approximate surface area is 119 Å². The molecule has 0 spiro atoms. The van der Waals surface area contributed by atoms with Gasteiger partial charge in [0.1, 0.15) is 0 Å². The van der Waals surface area contributed by atoms with Gasteiger partial charge in [-0.3, -0.25) is 0 Å². The van der Waals surface area contributed by atoms with Crippen LogP contribution in [0.3, 0.4) is 0 Å². The molecule has 0 aliphatic carbocycles. The summed E-state index contributed by atoms with van der Waals surface area (Å²) in [6.45, 7) is 3.68. The lowest BCUT2D eigenvalue weighted by molar-refractivity contribution is 0.122. The number of H-pyrrole nitrogens is 1. The van der Waals surface area contributed by atoms with E-state index in [4.69, 9.17) is 4.74 Å². The lowest BCUT2D eigenvalue weighted by Gasteiger charge is -2.28. The molecule has 1 aliphatic rings. The maximum atomic E-state index is 5.38. The molecule has 106 valence electrons. The number of nitrogens with zero attached hydrogens (tertiary/aromatic N) is 2. The van der Waals surface area contributed by atoms with Crippen LogP contribution in [0.5, 0.6) is 0 Å². The Morgan fingerprint density at radius 3 is 2.60 bits per heavy atom. The Kier molecular flexibility index (Phi) is 4.33. The van der Waals surface area contributed by atoms with Gasteiger partial charge in [-0.05, 0) is 37.0 Å². The highest BCUT2D eigenvalue weighted by Gasteiger charge is 2.10. The number of morpholine rings is 1. The van der Waals surface area contributed by atoms with Crippen molar-refractivity contribution in [2.75, 3.05) is 31.2 Å². The maximum Gasteiger partial charge on any atom is 0.0921 e. The first kappa shape index (κ1) is 13.2. The van der Waals surface area contributed by atoms with Gasteiger partial charge in [-0.1, -0.05) is 12.1 Å². The van der Waals surface area contributed by atoms with E-state index in [1.807, 2.05) is 6.20 Å². The maximum absolute atomic E-state index is 5.38. The highest BCUT2D eigenvalue weighted by molar-refractivity contribution is 5.47. The molecule has 2 aromatic rings. The minimum absolute atomic E-state index is 0.839. The van der Waals surface area contributed by atoms with Gasteiger partial charge in [-0.15, -0.1) is 0 Å². The van der Waals surface area contributed by atoms with Crippen LogP contribution >= 0.6 is 0 Å². The Bertz CT molecular complexity index is 501. The third-order valence-corrected chi connectivity index (χ3v) is 3.78. The number of aromatic nitrogens is 2. The number of hydrogen-bond donors (Lipinski definition) is 1. The summed E-state index contributed by atoms with van der Waals surface area (Å²) in [6.07, 6.45) is 6.97. The van der Waals surface area contributed by atoms with Crippen molar-refractivity contribution in [1.82, 2.24) is 9.97 Å². The van der Waals surface area contributed by atoms with Gasteiger partial charge in [-0.2, -0.15) is 0 Å². The predicted molar refractivity (Wildman–Crippen MR) is 80.1 cm³/mol. The topological polar surface area (TPSA) is 41.2 Å². The molecule has 4 heteroatoms. The summed E-state index contributed by atoms with van der Waals surface area (Å²) in [7, 11) is 0. The van der Waals surface area contributed by atoms with E-state index in [1.54, 1.807) is 6.33 Å². The van der Waals surface area contributed by atoms with E-state index >= 15 is 0 Å². The minimum atomic E-state index is 0.839. The van der Waals surface area contributed by atoms with Gasteiger partial charge in [0.05, 0.1) is 19.5 Å². The number of hydrogen-bond acceptors (Lipinski definition) is 3. The van der Waals surface area contributed by atoms with E-state index in [0.717, 1.165) is 45.6 Å². The van der Waals surface area contributed by atoms with Gasteiger partial charge >= 0.3 is 0 Å². The van der Waals surface area contributed by atoms with Crippen molar-refractivity contribution in [1.29, 1.82) is 0 Å². The molecule has 0 amide bonds. The first-order valence-electron chi connectivity index (χ1n) is 7.31. The molecule has 0 saturated carbocycles. The first-order valence-corrected chi connectivity index (χ1v) is 7.31. The average Bonchev–Trinajstić information content (AvgIpc) is 3.02. The zero-order chi connectivity index (χ0) is 13.6. The van der Waals surface area contributed by atoms with Crippen molar-refractivity contribution in [3.05, 3.63) is 48.0 Å². The van der Waals surface area contributed by atoms with Crippen LogP contribution in [0.15, 0.2) is 36.8 Å². The van der Waals surface area contributed by atoms with Crippen LogP contribution in [-0.2, 0) is 17.6 Å². The molecular weight excluding hydrogens is 250 g/mol. The fourth-order valence-electron chi connectivity index (χ4n) is 2.60. The van der Waals surface area contributed by atoms with E-state index in [-0.39, 0.29) is 0 Å². The standard InChI is InChI=1S/C16H21N3O/c1(3-15-12-17-13-18-15)2-14-4-6-16(7-5-14)19-8-10-20-11-9-19/h4-7,12-13H,1-3,8-11H2,(H,17,18). The van der Waals surface area contributed by atoms with Crippen LogP contribution in [0.1, 0.15) is 17.7 Å². The van der Waals surface area contributed by atoms with Gasteiger partial charge in [0.25, 0.3) is 0 Å². The SMILES string of the molecule is c1ncc(CCCc2ccc(N3CCOCC3)cc2)[nH]1. The fraction of sp³-hybridized carbons (Fsp3) is 0.438. The van der Waals surface area contributed by atoms with Crippen LogP contribution in [0.4, 0.5) is 5.69 Å². The smallest absolute Gasteiger partial charge is 0.0921 e. The fourth-order valence-corrected chi connectivity index (χ4v) is 2.60. The Morgan fingerprint density at radius 2 is 1.90 bits per heavy atom. The van der Waals surface area contributed by atoms with Crippen LogP contribution in [0.25, 0.3) is 0 Å². The molecule has 1 saturated heterocycles. The summed E-state index contributed by atoms with van der Waals surface area (Å²) in [5, 5.41) is 0. The average molecular weight is 271 g/mol. The second kappa shape index (κ2) is 6.57. The molecule has 20 heavy (non-hydrogen) atoms. The first-order chi connectivity index (χ1) is 9.92. The summed E-state index contributed by atoms with van der Waals surface area (Å²) >= 11 is 0. The third-order valence-electron chi connectivity index (χ3n) is 3.78. The molecule has 0 radical (unpaired) electrons. The van der Waals surface area contributed by atoms with E-state index in [0.29, 0.717) is 0 Å². The highest BCUT2D eigenvalue weighted by Crippen LogP contribution is 2.17. The second-order valence-electron chi connectivity index (χ2n) is 5.20. The van der Waals surface area contributed by atoms with Crippen molar-refractivity contribution in [3.8, 4) is 0 Å². The third kappa shape index (κ3) is 3.39. The molecule has 1 N–H and O–H groups in total. The van der Waals surface area contributed by atoms with E-state index in [9.17, 15) is 0 Å². The Morgan fingerprint density at radius 1 is 1.10 bits per heavy atom. The van der Waals surface area contributed by atoms with Crippen LogP contribution in [0.2, 0.25) is 0 Å². The van der Waals surface area contributed by atoms with E-state index < -0.39 is 0 Å². The Balaban J connectivity index is 1.50. The molecule has 1 aromatic heterocycles. The lowest BCUT2D eigenvalue weighted by Crippen LogP contribution is -2.36. The number of ether oxygens (including phenoxy) is 1. The number of rotatable bonds is 5. The molecule has 3 rings (SSSR count). The molecule has 1 aliphatic heterocycles. The quantitative estimate of drug-likeness (QED) is 0.908. The molecule has 1 fully saturated rings. The zero-order valence-electron chi connectivity index (χ0n) is 11.7. The molecule has 4 nitrogen and oxygen atoms in total. The number of anilines is 1. The molecule has 0 unspecified atom stereocenters. The van der Waals surface area contributed by atoms with Crippen molar-refractivity contribution in [3.63, 3.8) is 0 Å². The summed E-state index contributed by atoms with van der Waals surface area (Å²) < 4.78 is 5.38. The second-order valence-corrected chi connectivity index (χ2v) is 5.20. The minimum Gasteiger partial charge on any atom is -0.378 e. The van der Waals surface area contributed by atoms with Crippen LogP contribution in [-0.4, -0.2) is 36.3 Å². The van der Waals surface area contributed by atoms with Gasteiger partial charge in [-0.25, -0.2) is 4.98 Å². The normalized spacial score (nSPS) is 15.5. The van der Waals surface area contributed by atoms with Crippen LogP contribution in [0, 0.1) is 0 Å². The summed E-state index contributed by atoms with van der Waals surface area (Å²) in [5.74, 6) is 0. The molecule has 0 atom stereocenters. The van der Waals surface area contributed by atoms with Gasteiger partial charge in [0.15, 0.2) is 0 Å². The monoisotopic (exact) mass is 271 g/mol. The number of nitrogens with one attached hydrogen (secondary N) is 1. The van der Waals surface area contributed by atoms with Gasteiger partial charge < -0.3 is 14.6 Å². The number of aromatic amines is 1. The van der Waals surface area contributed by atoms with Crippen LogP contribution < -0.4 is 4.90 Å². The molecule has 1 aromatic carbocycles. The van der Waals surface area contributed by atoms with Crippen molar-refractivity contribution >= 4 is 5.69 Å². The number of imidazole rings is 1. The lowest BCUT2D eigenvalue weighted by atomic mass is 10.1. The molecule has 0 bridgehead atoms. The van der Waals surface area contributed by atoms with E-state index in [2.05, 4.69) is 39.1 Å². The summed E-state index contributed by atoms with van der Waals surface area (Å²) in [5.41, 5.74) is 3.93.